The van der Waals surface area contributed by atoms with Crippen LogP contribution in [0.3, 0.4) is 0 Å². The molecule has 0 aliphatic carbocycles. The fourth-order valence-electron chi connectivity index (χ4n) is 3.59. The number of phenolic OH excluding ortho intramolecular Hbond substituents is 1. The van der Waals surface area contributed by atoms with E-state index >= 15 is 0 Å². The average molecular weight is 381 g/mol. The highest BCUT2D eigenvalue weighted by atomic mass is 16.5. The standard InChI is InChI=1S/C22H23NO5/c1-14-21(28-16-7-5-15(26-2)6-8-16)20(25)17-9-10-19(24)18(22(17)27-14)13-23-11-3-4-12-23/h5-10,24H,3-4,11-13H2,1-2H3. The molecule has 6 nitrogen and oxygen atoms in total. The van der Waals surface area contributed by atoms with Gasteiger partial charge in [-0.3, -0.25) is 9.69 Å². The summed E-state index contributed by atoms with van der Waals surface area (Å²) in [6, 6.07) is 10.1. The van der Waals surface area contributed by atoms with Gasteiger partial charge >= 0.3 is 0 Å². The van der Waals surface area contributed by atoms with Crippen LogP contribution in [0.15, 0.2) is 45.6 Å². The lowest BCUT2D eigenvalue weighted by Gasteiger charge is -2.17. The first-order chi connectivity index (χ1) is 13.6. The number of phenols is 1. The molecule has 3 aromatic rings. The molecule has 28 heavy (non-hydrogen) atoms. The molecular formula is C22H23NO5. The molecule has 2 heterocycles. The van der Waals surface area contributed by atoms with Crippen LogP contribution in [0.25, 0.3) is 11.0 Å². The number of likely N-dealkylation sites (tertiary alicyclic amines) is 1. The summed E-state index contributed by atoms with van der Waals surface area (Å²) < 4.78 is 16.9. The Morgan fingerprint density at radius 3 is 2.43 bits per heavy atom. The van der Waals surface area contributed by atoms with Crippen molar-refractivity contribution in [3.05, 3.63) is 57.9 Å². The van der Waals surface area contributed by atoms with E-state index in [4.69, 9.17) is 13.9 Å². The maximum Gasteiger partial charge on any atom is 0.235 e. The highest BCUT2D eigenvalue weighted by Gasteiger charge is 2.21. The molecule has 146 valence electrons. The van der Waals surface area contributed by atoms with Gasteiger partial charge in [0.05, 0.1) is 18.1 Å². The van der Waals surface area contributed by atoms with Crippen LogP contribution >= 0.6 is 0 Å². The van der Waals surface area contributed by atoms with Crippen molar-refractivity contribution in [2.75, 3.05) is 20.2 Å². The molecule has 6 heteroatoms. The zero-order valence-corrected chi connectivity index (χ0v) is 16.0. The third-order valence-electron chi connectivity index (χ3n) is 5.12. The van der Waals surface area contributed by atoms with Crippen molar-refractivity contribution < 1.29 is 19.0 Å². The molecule has 0 amide bonds. The van der Waals surface area contributed by atoms with Crippen LogP contribution in [-0.4, -0.2) is 30.2 Å². The molecule has 0 saturated carbocycles. The van der Waals surface area contributed by atoms with E-state index in [2.05, 4.69) is 4.90 Å². The van der Waals surface area contributed by atoms with Crippen molar-refractivity contribution in [2.24, 2.45) is 0 Å². The quantitative estimate of drug-likeness (QED) is 0.714. The van der Waals surface area contributed by atoms with E-state index in [1.807, 2.05) is 0 Å². The molecule has 0 bridgehead atoms. The van der Waals surface area contributed by atoms with Gasteiger partial charge in [-0.2, -0.15) is 0 Å². The topological polar surface area (TPSA) is 72.1 Å². The first kappa shape index (κ1) is 18.4. The van der Waals surface area contributed by atoms with Crippen molar-refractivity contribution in [2.45, 2.75) is 26.3 Å². The van der Waals surface area contributed by atoms with Gasteiger partial charge in [-0.1, -0.05) is 0 Å². The molecule has 1 N–H and O–H groups in total. The smallest absolute Gasteiger partial charge is 0.235 e. The molecule has 1 fully saturated rings. The van der Waals surface area contributed by atoms with E-state index in [1.54, 1.807) is 50.4 Å². The minimum Gasteiger partial charge on any atom is -0.507 e. The summed E-state index contributed by atoms with van der Waals surface area (Å²) in [5, 5.41) is 10.8. The van der Waals surface area contributed by atoms with E-state index < -0.39 is 0 Å². The van der Waals surface area contributed by atoms with E-state index in [-0.39, 0.29) is 16.9 Å². The lowest BCUT2D eigenvalue weighted by Crippen LogP contribution is -2.19. The maximum absolute atomic E-state index is 13.1. The Hall–Kier alpha value is -2.99. The van der Waals surface area contributed by atoms with Gasteiger partial charge in [0.25, 0.3) is 0 Å². The summed E-state index contributed by atoms with van der Waals surface area (Å²) in [7, 11) is 1.59. The Kier molecular flexibility index (Phi) is 4.96. The van der Waals surface area contributed by atoms with Gasteiger partial charge in [0.2, 0.25) is 11.2 Å². The second-order valence-corrected chi connectivity index (χ2v) is 7.02. The Morgan fingerprint density at radius 1 is 1.07 bits per heavy atom. The Labute approximate surface area is 162 Å². The normalized spacial score (nSPS) is 14.5. The molecular weight excluding hydrogens is 358 g/mol. The maximum atomic E-state index is 13.1. The fraction of sp³-hybridized carbons (Fsp3) is 0.318. The van der Waals surface area contributed by atoms with E-state index in [0.29, 0.717) is 40.3 Å². The monoisotopic (exact) mass is 381 g/mol. The molecule has 2 aromatic carbocycles. The summed E-state index contributed by atoms with van der Waals surface area (Å²) in [5.74, 6) is 1.89. The van der Waals surface area contributed by atoms with Gasteiger partial charge < -0.3 is 19.0 Å². The van der Waals surface area contributed by atoms with Crippen LogP contribution in [0.5, 0.6) is 23.0 Å². The number of nitrogens with zero attached hydrogens (tertiary/aromatic N) is 1. The largest absolute Gasteiger partial charge is 0.507 e. The van der Waals surface area contributed by atoms with Crippen LogP contribution < -0.4 is 14.9 Å². The summed E-state index contributed by atoms with van der Waals surface area (Å²) in [4.78, 5) is 15.3. The zero-order valence-electron chi connectivity index (χ0n) is 16.0. The highest BCUT2D eigenvalue weighted by Crippen LogP contribution is 2.32. The summed E-state index contributed by atoms with van der Waals surface area (Å²) >= 11 is 0. The minimum atomic E-state index is -0.253. The molecule has 1 saturated heterocycles. The predicted molar refractivity (Wildman–Crippen MR) is 106 cm³/mol. The van der Waals surface area contributed by atoms with E-state index in [9.17, 15) is 9.90 Å². The van der Waals surface area contributed by atoms with Crippen molar-refractivity contribution in [3.8, 4) is 23.0 Å². The Balaban J connectivity index is 1.75. The molecule has 0 atom stereocenters. The molecule has 1 aliphatic rings. The number of aryl methyl sites for hydroxylation is 1. The highest BCUT2D eigenvalue weighted by molar-refractivity contribution is 5.83. The van der Waals surface area contributed by atoms with Gasteiger partial charge in [0.1, 0.15) is 28.6 Å². The van der Waals surface area contributed by atoms with Crippen molar-refractivity contribution in [1.82, 2.24) is 4.90 Å². The first-order valence-electron chi connectivity index (χ1n) is 9.39. The van der Waals surface area contributed by atoms with Crippen molar-refractivity contribution in [1.29, 1.82) is 0 Å². The number of benzene rings is 2. The number of hydrogen-bond acceptors (Lipinski definition) is 6. The van der Waals surface area contributed by atoms with Crippen molar-refractivity contribution >= 4 is 11.0 Å². The van der Waals surface area contributed by atoms with Crippen LogP contribution in [0.4, 0.5) is 0 Å². The van der Waals surface area contributed by atoms with Crippen LogP contribution in [0.2, 0.25) is 0 Å². The zero-order chi connectivity index (χ0) is 19.7. The fourth-order valence-corrected chi connectivity index (χ4v) is 3.59. The van der Waals surface area contributed by atoms with E-state index in [1.165, 1.54) is 0 Å². The number of rotatable bonds is 5. The van der Waals surface area contributed by atoms with Crippen LogP contribution in [0, 0.1) is 6.92 Å². The number of aromatic hydroxyl groups is 1. The molecule has 0 unspecified atom stereocenters. The molecule has 0 spiro atoms. The number of methoxy groups -OCH3 is 1. The van der Waals surface area contributed by atoms with E-state index in [0.717, 1.165) is 25.9 Å². The lowest BCUT2D eigenvalue weighted by atomic mass is 10.1. The molecule has 0 radical (unpaired) electrons. The SMILES string of the molecule is COc1ccc(Oc2c(C)oc3c(CN4CCCC4)c(O)ccc3c2=O)cc1. The Morgan fingerprint density at radius 2 is 1.75 bits per heavy atom. The molecule has 1 aromatic heterocycles. The third kappa shape index (κ3) is 3.43. The van der Waals surface area contributed by atoms with Gasteiger partial charge in [-0.15, -0.1) is 0 Å². The number of fused-ring (bicyclic) bond motifs is 1. The summed E-state index contributed by atoms with van der Waals surface area (Å²) in [6.07, 6.45) is 2.29. The average Bonchev–Trinajstić information content (AvgIpc) is 3.21. The second kappa shape index (κ2) is 7.56. The third-order valence-corrected chi connectivity index (χ3v) is 5.12. The lowest BCUT2D eigenvalue weighted by molar-refractivity contribution is 0.323. The molecule has 4 rings (SSSR count). The van der Waals surface area contributed by atoms with Gasteiger partial charge in [-0.05, 0) is 69.3 Å². The van der Waals surface area contributed by atoms with Crippen LogP contribution in [0.1, 0.15) is 24.2 Å². The van der Waals surface area contributed by atoms with Gasteiger partial charge in [-0.25, -0.2) is 0 Å². The predicted octanol–water partition coefficient (Wildman–Crippen LogP) is 4.20. The van der Waals surface area contributed by atoms with Crippen molar-refractivity contribution in [3.63, 3.8) is 0 Å². The minimum absolute atomic E-state index is 0.144. The van der Waals surface area contributed by atoms with Gasteiger partial charge in [0.15, 0.2) is 0 Å². The summed E-state index contributed by atoms with van der Waals surface area (Å²) in [6.45, 7) is 4.23. The number of hydrogen-bond donors (Lipinski definition) is 1. The second-order valence-electron chi connectivity index (χ2n) is 7.02. The summed E-state index contributed by atoms with van der Waals surface area (Å²) in [5.41, 5.74) is 0.823. The molecule has 1 aliphatic heterocycles. The Bertz CT molecular complexity index is 1050. The van der Waals surface area contributed by atoms with Gasteiger partial charge in [0, 0.05) is 6.54 Å². The first-order valence-corrected chi connectivity index (χ1v) is 9.39. The number of ether oxygens (including phenoxy) is 2. The van der Waals surface area contributed by atoms with Crippen LogP contribution in [-0.2, 0) is 6.54 Å².